The lowest BCUT2D eigenvalue weighted by Gasteiger charge is -2.11. The minimum Gasteiger partial charge on any atom is -0.496 e. The van der Waals surface area contributed by atoms with Crippen LogP contribution in [-0.4, -0.2) is 18.9 Å². The van der Waals surface area contributed by atoms with Gasteiger partial charge in [0.15, 0.2) is 0 Å². The molecule has 0 unspecified atom stereocenters. The molecule has 0 saturated carbocycles. The van der Waals surface area contributed by atoms with E-state index >= 15 is 0 Å². The molecule has 2 aromatic carbocycles. The summed E-state index contributed by atoms with van der Waals surface area (Å²) in [5, 5.41) is 1.91. The van der Waals surface area contributed by atoms with Gasteiger partial charge in [0.1, 0.15) is 5.75 Å². The first-order valence-corrected chi connectivity index (χ1v) is 5.75. The lowest BCUT2D eigenvalue weighted by Crippen LogP contribution is -2.40. The van der Waals surface area contributed by atoms with Gasteiger partial charge in [-0.15, -0.1) is 0 Å². The summed E-state index contributed by atoms with van der Waals surface area (Å²) in [4.78, 5) is 22.8. The van der Waals surface area contributed by atoms with Gasteiger partial charge in [0.05, 0.1) is 12.7 Å². The number of ether oxygens (including phenoxy) is 1. The quantitative estimate of drug-likeness (QED) is 0.804. The van der Waals surface area contributed by atoms with E-state index < -0.39 is 5.91 Å². The normalized spacial score (nSPS) is 10.0. The van der Waals surface area contributed by atoms with Crippen molar-refractivity contribution in [2.24, 2.45) is 0 Å². The molecule has 0 radical (unpaired) electrons. The predicted octanol–water partition coefficient (Wildman–Crippen LogP) is 1.63. The average molecular weight is 258 g/mol. The van der Waals surface area contributed by atoms with Crippen LogP contribution in [0.4, 0.5) is 0 Å². The predicted molar refractivity (Wildman–Crippen MR) is 71.8 cm³/mol. The molecule has 0 spiro atoms. The van der Waals surface area contributed by atoms with Crippen LogP contribution in [0.5, 0.6) is 5.75 Å². The zero-order valence-electron chi connectivity index (χ0n) is 10.7. The summed E-state index contributed by atoms with van der Waals surface area (Å²) in [6, 6.07) is 11.2. The molecule has 0 aliphatic heterocycles. The van der Waals surface area contributed by atoms with Crippen molar-refractivity contribution < 1.29 is 14.3 Å². The minimum atomic E-state index is -0.419. The van der Waals surface area contributed by atoms with Crippen molar-refractivity contribution in [2.75, 3.05) is 7.11 Å². The van der Waals surface area contributed by atoms with Crippen LogP contribution >= 0.6 is 0 Å². The number of hydrazine groups is 1. The van der Waals surface area contributed by atoms with Crippen LogP contribution in [0.25, 0.3) is 10.8 Å². The fourth-order valence-electron chi connectivity index (χ4n) is 1.78. The van der Waals surface area contributed by atoms with Crippen LogP contribution in [0.3, 0.4) is 0 Å². The van der Waals surface area contributed by atoms with Gasteiger partial charge in [-0.1, -0.05) is 24.3 Å². The highest BCUT2D eigenvalue weighted by molar-refractivity contribution is 6.02. The first kappa shape index (κ1) is 12.9. The molecule has 2 rings (SSSR count). The molecule has 0 aliphatic rings. The van der Waals surface area contributed by atoms with E-state index in [2.05, 4.69) is 10.9 Å². The van der Waals surface area contributed by atoms with Gasteiger partial charge in [-0.3, -0.25) is 20.4 Å². The third kappa shape index (κ3) is 2.82. The highest BCUT2D eigenvalue weighted by Gasteiger charge is 2.13. The van der Waals surface area contributed by atoms with E-state index in [9.17, 15) is 9.59 Å². The standard InChI is InChI=1S/C14H14N2O3/c1-9(17)15-16-14(18)12-7-10-5-3-4-6-11(10)8-13(12)19-2/h3-8H,1-2H3,(H,15,17)(H,16,18). The molecular formula is C14H14N2O3. The molecule has 2 N–H and O–H groups in total. The highest BCUT2D eigenvalue weighted by Crippen LogP contribution is 2.25. The van der Waals surface area contributed by atoms with Crippen LogP contribution in [-0.2, 0) is 4.79 Å². The molecule has 98 valence electrons. The maximum atomic E-state index is 12.0. The molecule has 0 fully saturated rings. The first-order chi connectivity index (χ1) is 9.11. The van der Waals surface area contributed by atoms with Crippen LogP contribution < -0.4 is 15.6 Å². The summed E-state index contributed by atoms with van der Waals surface area (Å²) in [7, 11) is 1.50. The lowest BCUT2D eigenvalue weighted by atomic mass is 10.1. The van der Waals surface area contributed by atoms with Crippen molar-refractivity contribution in [3.05, 3.63) is 42.0 Å². The number of carbonyl (C=O) groups is 2. The fraction of sp³-hybridized carbons (Fsp3) is 0.143. The van der Waals surface area contributed by atoms with E-state index in [0.29, 0.717) is 11.3 Å². The van der Waals surface area contributed by atoms with Gasteiger partial charge in [0.2, 0.25) is 5.91 Å². The monoisotopic (exact) mass is 258 g/mol. The lowest BCUT2D eigenvalue weighted by molar-refractivity contribution is -0.119. The van der Waals surface area contributed by atoms with Crippen molar-refractivity contribution in [1.82, 2.24) is 10.9 Å². The number of amides is 2. The SMILES string of the molecule is COc1cc2ccccc2cc1C(=O)NNC(C)=O. The molecule has 2 amide bonds. The number of rotatable bonds is 2. The van der Waals surface area contributed by atoms with Gasteiger partial charge in [-0.2, -0.15) is 0 Å². The van der Waals surface area contributed by atoms with E-state index in [1.807, 2.05) is 24.3 Å². The zero-order chi connectivity index (χ0) is 13.8. The highest BCUT2D eigenvalue weighted by atomic mass is 16.5. The largest absolute Gasteiger partial charge is 0.496 e. The minimum absolute atomic E-state index is 0.340. The van der Waals surface area contributed by atoms with Crippen molar-refractivity contribution >= 4 is 22.6 Å². The smallest absolute Gasteiger partial charge is 0.273 e. The van der Waals surface area contributed by atoms with Gasteiger partial charge in [0, 0.05) is 6.92 Å². The van der Waals surface area contributed by atoms with E-state index in [-0.39, 0.29) is 5.91 Å². The molecule has 19 heavy (non-hydrogen) atoms. The van der Waals surface area contributed by atoms with Crippen molar-refractivity contribution in [3.63, 3.8) is 0 Å². The Bertz CT molecular complexity index is 638. The van der Waals surface area contributed by atoms with E-state index in [0.717, 1.165) is 10.8 Å². The maximum Gasteiger partial charge on any atom is 0.273 e. The first-order valence-electron chi connectivity index (χ1n) is 5.75. The number of fused-ring (bicyclic) bond motifs is 1. The van der Waals surface area contributed by atoms with Gasteiger partial charge in [-0.05, 0) is 22.9 Å². The van der Waals surface area contributed by atoms with Crippen molar-refractivity contribution in [2.45, 2.75) is 6.92 Å². The van der Waals surface area contributed by atoms with Crippen LogP contribution in [0.2, 0.25) is 0 Å². The summed E-state index contributed by atoms with van der Waals surface area (Å²) < 4.78 is 5.21. The third-order valence-corrected chi connectivity index (χ3v) is 2.66. The molecule has 5 heteroatoms. The third-order valence-electron chi connectivity index (χ3n) is 2.66. The van der Waals surface area contributed by atoms with Gasteiger partial charge < -0.3 is 4.74 Å². The fourth-order valence-corrected chi connectivity index (χ4v) is 1.78. The molecule has 5 nitrogen and oxygen atoms in total. The van der Waals surface area contributed by atoms with Gasteiger partial charge >= 0.3 is 0 Å². The Balaban J connectivity index is 2.40. The van der Waals surface area contributed by atoms with E-state index in [4.69, 9.17) is 4.74 Å². The van der Waals surface area contributed by atoms with Crippen LogP contribution in [0, 0.1) is 0 Å². The average Bonchev–Trinajstić information content (AvgIpc) is 2.43. The van der Waals surface area contributed by atoms with Gasteiger partial charge in [0.25, 0.3) is 5.91 Å². The second kappa shape index (κ2) is 5.39. The number of benzene rings is 2. The van der Waals surface area contributed by atoms with Crippen molar-refractivity contribution in [1.29, 1.82) is 0 Å². The number of methoxy groups -OCH3 is 1. The Morgan fingerprint density at radius 1 is 1.05 bits per heavy atom. The number of carbonyl (C=O) groups excluding carboxylic acids is 2. The maximum absolute atomic E-state index is 12.0. The van der Waals surface area contributed by atoms with Crippen LogP contribution in [0.1, 0.15) is 17.3 Å². The van der Waals surface area contributed by atoms with Crippen LogP contribution in [0.15, 0.2) is 36.4 Å². The van der Waals surface area contributed by atoms with E-state index in [1.54, 1.807) is 12.1 Å². The molecule has 2 aromatic rings. The Morgan fingerprint density at radius 3 is 2.26 bits per heavy atom. The van der Waals surface area contributed by atoms with E-state index in [1.165, 1.54) is 14.0 Å². The molecule has 0 bridgehead atoms. The molecule has 0 aliphatic carbocycles. The molecular weight excluding hydrogens is 244 g/mol. The molecule has 0 atom stereocenters. The number of hydrogen-bond donors (Lipinski definition) is 2. The Morgan fingerprint density at radius 2 is 1.68 bits per heavy atom. The summed E-state index contributed by atoms with van der Waals surface area (Å²) in [6.07, 6.45) is 0. The van der Waals surface area contributed by atoms with Gasteiger partial charge in [-0.25, -0.2) is 0 Å². The molecule has 0 heterocycles. The van der Waals surface area contributed by atoms with Crippen molar-refractivity contribution in [3.8, 4) is 5.75 Å². The second-order valence-corrected chi connectivity index (χ2v) is 4.03. The second-order valence-electron chi connectivity index (χ2n) is 4.03. The topological polar surface area (TPSA) is 67.4 Å². The molecule has 0 aromatic heterocycles. The number of nitrogens with one attached hydrogen (secondary N) is 2. The summed E-state index contributed by atoms with van der Waals surface area (Å²) in [5.74, 6) is -0.299. The summed E-state index contributed by atoms with van der Waals surface area (Å²) >= 11 is 0. The Hall–Kier alpha value is -2.56. The Labute approximate surface area is 110 Å². The summed E-state index contributed by atoms with van der Waals surface area (Å²) in [6.45, 7) is 1.32. The zero-order valence-corrected chi connectivity index (χ0v) is 10.7. The number of hydrogen-bond acceptors (Lipinski definition) is 3. The molecule has 0 saturated heterocycles. The summed E-state index contributed by atoms with van der Waals surface area (Å²) in [5.41, 5.74) is 4.94. The Kier molecular flexibility index (Phi) is 3.66.